The third-order valence-electron chi connectivity index (χ3n) is 5.34. The predicted octanol–water partition coefficient (Wildman–Crippen LogP) is 2.30. The van der Waals surface area contributed by atoms with E-state index in [2.05, 4.69) is 25.1 Å². The van der Waals surface area contributed by atoms with Gasteiger partial charge in [0.1, 0.15) is 11.5 Å². The van der Waals surface area contributed by atoms with Crippen molar-refractivity contribution in [2.24, 2.45) is 7.05 Å². The van der Waals surface area contributed by atoms with Gasteiger partial charge in [-0.15, -0.1) is 5.10 Å². The number of alkyl halides is 3. The molecule has 0 bridgehead atoms. The van der Waals surface area contributed by atoms with Crippen LogP contribution in [0, 0.1) is 13.8 Å². The van der Waals surface area contributed by atoms with E-state index in [1.54, 1.807) is 11.7 Å². The van der Waals surface area contributed by atoms with Crippen LogP contribution in [0.3, 0.4) is 0 Å². The number of fused-ring (bicyclic) bond motifs is 1. The minimum Gasteiger partial charge on any atom is -0.340 e. The highest BCUT2D eigenvalue weighted by atomic mass is 19.4. The molecule has 4 rings (SSSR count). The van der Waals surface area contributed by atoms with Crippen LogP contribution >= 0.6 is 0 Å². The average Bonchev–Trinajstić information content (AvgIpc) is 3.33. The highest BCUT2D eigenvalue weighted by Crippen LogP contribution is 2.32. The van der Waals surface area contributed by atoms with Gasteiger partial charge >= 0.3 is 11.8 Å². The number of nitrogens with one attached hydrogen (secondary N) is 1. The van der Waals surface area contributed by atoms with Crippen molar-refractivity contribution in [3.63, 3.8) is 0 Å². The van der Waals surface area contributed by atoms with Crippen molar-refractivity contribution in [1.82, 2.24) is 24.4 Å². The molecule has 0 saturated carbocycles. The molecule has 1 fully saturated rings. The van der Waals surface area contributed by atoms with Gasteiger partial charge in [0.05, 0.1) is 11.3 Å². The van der Waals surface area contributed by atoms with E-state index in [1.807, 2.05) is 13.8 Å². The monoisotopic (exact) mass is 394 g/mol. The summed E-state index contributed by atoms with van der Waals surface area (Å²) in [4.78, 5) is 9.60. The zero-order valence-electron chi connectivity index (χ0n) is 16.1. The van der Waals surface area contributed by atoms with E-state index < -0.39 is 11.7 Å². The normalized spacial score (nSPS) is 15.1. The van der Waals surface area contributed by atoms with Gasteiger partial charge in [0, 0.05) is 52.9 Å². The number of halogens is 3. The largest absolute Gasteiger partial charge is 0.418 e. The lowest BCUT2D eigenvalue weighted by Crippen LogP contribution is -2.19. The standard InChI is InChI=1S/C18H22F3N7/c1-11-12(2)28-16(22-11)10-13(18(19,20)21)14(24-28)6-7-15-23-17(25-26(15)3)27-8-4-5-9-27/h10H,4-9H2,1-3H3/p+1. The molecule has 0 spiro atoms. The maximum absolute atomic E-state index is 13.6. The Kier molecular flexibility index (Phi) is 4.51. The van der Waals surface area contributed by atoms with E-state index in [9.17, 15) is 13.2 Å². The summed E-state index contributed by atoms with van der Waals surface area (Å²) in [5.74, 6) is 1.31. The number of rotatable bonds is 4. The molecule has 1 N–H and O–H groups in total. The highest BCUT2D eigenvalue weighted by molar-refractivity contribution is 5.40. The number of hydrogen-bond donors (Lipinski definition) is 0. The molecule has 0 radical (unpaired) electrons. The summed E-state index contributed by atoms with van der Waals surface area (Å²) in [6.07, 6.45) is -1.78. The summed E-state index contributed by atoms with van der Waals surface area (Å²) >= 11 is 0. The number of hydrogen-bond acceptors (Lipinski definition) is 4. The lowest BCUT2D eigenvalue weighted by molar-refractivity contribution is -0.354. The predicted molar refractivity (Wildman–Crippen MR) is 96.1 cm³/mol. The van der Waals surface area contributed by atoms with Crippen molar-refractivity contribution in [1.29, 1.82) is 0 Å². The highest BCUT2D eigenvalue weighted by Gasteiger charge is 2.37. The van der Waals surface area contributed by atoms with Crippen LogP contribution in [0.1, 0.15) is 41.3 Å². The van der Waals surface area contributed by atoms with Crippen LogP contribution < -0.4 is 9.88 Å². The Labute approximate surface area is 160 Å². The van der Waals surface area contributed by atoms with E-state index in [0.29, 0.717) is 23.8 Å². The Bertz CT molecular complexity index is 1010. The molecule has 1 saturated heterocycles. The fraction of sp³-hybridized carbons (Fsp3) is 0.556. The van der Waals surface area contributed by atoms with Gasteiger partial charge in [0.2, 0.25) is 5.95 Å². The zero-order valence-corrected chi connectivity index (χ0v) is 16.1. The molecule has 4 heterocycles. The van der Waals surface area contributed by atoms with Gasteiger partial charge in [-0.25, -0.2) is 4.98 Å². The lowest BCUT2D eigenvalue weighted by Gasteiger charge is -2.11. The maximum Gasteiger partial charge on any atom is 0.418 e. The van der Waals surface area contributed by atoms with Crippen LogP contribution in [-0.2, 0) is 26.1 Å². The topological polar surface area (TPSA) is 65.4 Å². The van der Waals surface area contributed by atoms with Crippen LogP contribution in [0.5, 0.6) is 0 Å². The molecular weight excluding hydrogens is 371 g/mol. The number of imidazole rings is 1. The van der Waals surface area contributed by atoms with Gasteiger partial charge in [-0.05, 0) is 12.8 Å². The average molecular weight is 394 g/mol. The molecule has 0 aliphatic carbocycles. The van der Waals surface area contributed by atoms with Crippen LogP contribution in [0.25, 0.3) is 5.65 Å². The molecule has 1 aliphatic heterocycles. The maximum atomic E-state index is 13.6. The summed E-state index contributed by atoms with van der Waals surface area (Å²) in [7, 11) is 1.78. The molecule has 150 valence electrons. The molecule has 3 aromatic rings. The lowest BCUT2D eigenvalue weighted by atomic mass is 10.1. The number of aromatic amines is 1. The number of nitrogens with zero attached hydrogens (tertiary/aromatic N) is 6. The zero-order chi connectivity index (χ0) is 20.1. The van der Waals surface area contributed by atoms with E-state index in [1.165, 1.54) is 4.52 Å². The number of aromatic nitrogens is 6. The smallest absolute Gasteiger partial charge is 0.340 e. The third kappa shape index (κ3) is 3.31. The SMILES string of the molecule is Cc1[nH+]c2cc(C(F)(F)F)c(CCc3nc(N4CCCC4)nn3C)nn2c1C. The van der Waals surface area contributed by atoms with Crippen LogP contribution in [0.4, 0.5) is 19.1 Å². The first kappa shape index (κ1) is 18.7. The third-order valence-corrected chi connectivity index (χ3v) is 5.34. The van der Waals surface area contributed by atoms with Gasteiger partial charge in [-0.1, -0.05) is 9.61 Å². The number of H-pyrrole nitrogens is 1. The fourth-order valence-corrected chi connectivity index (χ4v) is 3.63. The first-order valence-corrected chi connectivity index (χ1v) is 9.37. The molecule has 0 unspecified atom stereocenters. The molecular formula is C18H23F3N7+. The van der Waals surface area contributed by atoms with Crippen molar-refractivity contribution >= 4 is 11.6 Å². The van der Waals surface area contributed by atoms with Crippen molar-refractivity contribution in [3.05, 3.63) is 34.5 Å². The van der Waals surface area contributed by atoms with Crippen LogP contribution in [-0.4, -0.2) is 37.5 Å². The van der Waals surface area contributed by atoms with E-state index in [-0.39, 0.29) is 12.1 Å². The van der Waals surface area contributed by atoms with Crippen LogP contribution in [0.15, 0.2) is 6.07 Å². The minimum atomic E-state index is -4.47. The second-order valence-electron chi connectivity index (χ2n) is 7.28. The molecule has 0 atom stereocenters. The van der Waals surface area contributed by atoms with Gasteiger partial charge < -0.3 is 4.90 Å². The Hall–Kier alpha value is -2.65. The van der Waals surface area contributed by atoms with Crippen LogP contribution in [0.2, 0.25) is 0 Å². The molecule has 28 heavy (non-hydrogen) atoms. The summed E-state index contributed by atoms with van der Waals surface area (Å²) in [6.45, 7) is 5.48. The minimum absolute atomic E-state index is 0.0119. The van der Waals surface area contributed by atoms with E-state index in [4.69, 9.17) is 0 Å². The molecule has 10 heteroatoms. The molecule has 3 aromatic heterocycles. The molecule has 0 aromatic carbocycles. The second-order valence-corrected chi connectivity index (χ2v) is 7.28. The van der Waals surface area contributed by atoms with Gasteiger partial charge in [0.15, 0.2) is 5.69 Å². The Morgan fingerprint density at radius 3 is 2.50 bits per heavy atom. The first-order chi connectivity index (χ1) is 13.2. The van der Waals surface area contributed by atoms with Crippen molar-refractivity contribution in [2.75, 3.05) is 18.0 Å². The summed E-state index contributed by atoms with van der Waals surface area (Å²) < 4.78 is 44.0. The van der Waals surface area contributed by atoms with Gasteiger partial charge in [0.25, 0.3) is 0 Å². The van der Waals surface area contributed by atoms with Gasteiger partial charge in [-0.2, -0.15) is 18.2 Å². The Morgan fingerprint density at radius 1 is 1.11 bits per heavy atom. The van der Waals surface area contributed by atoms with E-state index in [0.717, 1.165) is 43.4 Å². The Balaban J connectivity index is 1.64. The quantitative estimate of drug-likeness (QED) is 0.681. The van der Waals surface area contributed by atoms with Crippen molar-refractivity contribution < 1.29 is 18.2 Å². The summed E-state index contributed by atoms with van der Waals surface area (Å²) in [5, 5.41) is 8.71. The fourth-order valence-electron chi connectivity index (χ4n) is 3.63. The first-order valence-electron chi connectivity index (χ1n) is 9.37. The van der Waals surface area contributed by atoms with Crippen molar-refractivity contribution in [2.45, 2.75) is 45.7 Å². The van der Waals surface area contributed by atoms with E-state index >= 15 is 0 Å². The molecule has 0 amide bonds. The van der Waals surface area contributed by atoms with Crippen molar-refractivity contribution in [3.8, 4) is 0 Å². The molecule has 1 aliphatic rings. The molecule has 7 nitrogen and oxygen atoms in total. The summed E-state index contributed by atoms with van der Waals surface area (Å²) in [5.41, 5.74) is 1.22. The summed E-state index contributed by atoms with van der Waals surface area (Å²) in [6, 6.07) is 1.13. The number of aryl methyl sites for hydroxylation is 5. The number of anilines is 1. The van der Waals surface area contributed by atoms with Gasteiger partial charge in [-0.3, -0.25) is 4.68 Å². The second kappa shape index (κ2) is 6.75. The Morgan fingerprint density at radius 2 is 1.82 bits per heavy atom.